The zero-order chi connectivity index (χ0) is 20.4. The summed E-state index contributed by atoms with van der Waals surface area (Å²) < 4.78 is 11.8. The van der Waals surface area contributed by atoms with Gasteiger partial charge in [-0.05, 0) is 61.6 Å². The van der Waals surface area contributed by atoms with Crippen molar-refractivity contribution in [3.8, 4) is 5.75 Å². The SMILES string of the molecule is CC1=C[C@@H](C)[C@H]2CO[C@H](Cc3ccc(OC(=O)NC4CCCCC4)cc3)[C@H]1[C@@H]2C. The molecular weight excluding hydrogens is 362 g/mol. The summed E-state index contributed by atoms with van der Waals surface area (Å²) in [7, 11) is 0. The molecule has 2 fully saturated rings. The molecule has 1 amide bonds. The molecule has 3 aliphatic rings. The van der Waals surface area contributed by atoms with Crippen LogP contribution in [0.5, 0.6) is 5.75 Å². The largest absolute Gasteiger partial charge is 0.412 e. The molecule has 1 saturated heterocycles. The van der Waals surface area contributed by atoms with E-state index in [1.807, 2.05) is 12.1 Å². The first kappa shape index (κ1) is 20.5. The molecule has 2 aliphatic carbocycles. The predicted octanol–water partition coefficient (Wildman–Crippen LogP) is 5.51. The lowest BCUT2D eigenvalue weighted by Crippen LogP contribution is -2.47. The third kappa shape index (κ3) is 4.69. The molecule has 1 aliphatic heterocycles. The van der Waals surface area contributed by atoms with E-state index < -0.39 is 0 Å². The average molecular weight is 398 g/mol. The normalized spacial score (nSPS) is 32.4. The second-order valence-electron chi connectivity index (χ2n) is 9.41. The molecule has 4 nitrogen and oxygen atoms in total. The highest BCUT2D eigenvalue weighted by molar-refractivity contribution is 5.70. The van der Waals surface area contributed by atoms with Crippen LogP contribution in [0, 0.1) is 23.7 Å². The van der Waals surface area contributed by atoms with Crippen LogP contribution < -0.4 is 10.1 Å². The predicted molar refractivity (Wildman–Crippen MR) is 115 cm³/mol. The van der Waals surface area contributed by atoms with Crippen LogP contribution in [-0.2, 0) is 11.2 Å². The van der Waals surface area contributed by atoms with E-state index >= 15 is 0 Å². The van der Waals surface area contributed by atoms with Crippen LogP contribution in [0.2, 0.25) is 0 Å². The Morgan fingerprint density at radius 1 is 1.14 bits per heavy atom. The second-order valence-corrected chi connectivity index (χ2v) is 9.41. The number of carbonyl (C=O) groups is 1. The molecule has 0 radical (unpaired) electrons. The van der Waals surface area contributed by atoms with Crippen LogP contribution in [0.25, 0.3) is 0 Å². The lowest BCUT2D eigenvalue weighted by Gasteiger charge is -2.47. The van der Waals surface area contributed by atoms with E-state index in [4.69, 9.17) is 9.47 Å². The van der Waals surface area contributed by atoms with Crippen LogP contribution in [0.1, 0.15) is 58.4 Å². The molecular formula is C25H35NO3. The van der Waals surface area contributed by atoms with Crippen LogP contribution >= 0.6 is 0 Å². The van der Waals surface area contributed by atoms with Crippen molar-refractivity contribution in [2.75, 3.05) is 6.61 Å². The summed E-state index contributed by atoms with van der Waals surface area (Å²) in [4.78, 5) is 12.1. The number of fused-ring (bicyclic) bond motifs is 2. The fourth-order valence-electron chi connectivity index (χ4n) is 5.74. The monoisotopic (exact) mass is 397 g/mol. The summed E-state index contributed by atoms with van der Waals surface area (Å²) in [5.41, 5.74) is 2.71. The number of allylic oxidation sites excluding steroid dienone is 1. The number of amides is 1. The Balaban J connectivity index is 1.33. The Morgan fingerprint density at radius 3 is 2.59 bits per heavy atom. The molecule has 4 heteroatoms. The van der Waals surface area contributed by atoms with Gasteiger partial charge in [-0.15, -0.1) is 0 Å². The molecule has 5 atom stereocenters. The van der Waals surface area contributed by atoms with Crippen molar-refractivity contribution in [2.45, 2.75) is 71.4 Å². The number of rotatable bonds is 4. The highest BCUT2D eigenvalue weighted by Crippen LogP contribution is 2.45. The van der Waals surface area contributed by atoms with Crippen LogP contribution in [0.4, 0.5) is 4.79 Å². The van der Waals surface area contributed by atoms with E-state index in [1.54, 1.807) is 0 Å². The highest BCUT2D eigenvalue weighted by atomic mass is 16.6. The summed E-state index contributed by atoms with van der Waals surface area (Å²) in [6.07, 6.45) is 9.01. The van der Waals surface area contributed by atoms with Crippen molar-refractivity contribution in [2.24, 2.45) is 23.7 Å². The molecule has 4 rings (SSSR count). The summed E-state index contributed by atoms with van der Waals surface area (Å²) >= 11 is 0. The van der Waals surface area contributed by atoms with Gasteiger partial charge in [-0.1, -0.05) is 56.9 Å². The van der Waals surface area contributed by atoms with E-state index in [0.717, 1.165) is 25.9 Å². The molecule has 158 valence electrons. The highest BCUT2D eigenvalue weighted by Gasteiger charge is 2.43. The number of carbonyl (C=O) groups excluding carboxylic acids is 1. The lowest BCUT2D eigenvalue weighted by molar-refractivity contribution is -0.0901. The molecule has 0 spiro atoms. The molecule has 0 aromatic heterocycles. The van der Waals surface area contributed by atoms with Crippen LogP contribution in [-0.4, -0.2) is 24.8 Å². The first-order valence-corrected chi connectivity index (χ1v) is 11.4. The number of hydrogen-bond acceptors (Lipinski definition) is 3. The maximum absolute atomic E-state index is 12.1. The Hall–Kier alpha value is -1.81. The maximum atomic E-state index is 12.1. The Labute approximate surface area is 175 Å². The zero-order valence-corrected chi connectivity index (χ0v) is 18.0. The maximum Gasteiger partial charge on any atom is 0.412 e. The fraction of sp³-hybridized carbons (Fsp3) is 0.640. The minimum atomic E-state index is -0.336. The van der Waals surface area contributed by atoms with Crippen molar-refractivity contribution in [1.29, 1.82) is 0 Å². The van der Waals surface area contributed by atoms with Gasteiger partial charge in [-0.2, -0.15) is 0 Å². The minimum Gasteiger partial charge on any atom is -0.410 e. The van der Waals surface area contributed by atoms with Gasteiger partial charge in [0.25, 0.3) is 0 Å². The quantitative estimate of drug-likeness (QED) is 0.681. The van der Waals surface area contributed by atoms with Gasteiger partial charge in [0.15, 0.2) is 0 Å². The van der Waals surface area contributed by atoms with E-state index in [-0.39, 0.29) is 18.2 Å². The Kier molecular flexibility index (Phi) is 6.29. The van der Waals surface area contributed by atoms with E-state index in [1.165, 1.54) is 30.4 Å². The Morgan fingerprint density at radius 2 is 1.86 bits per heavy atom. The van der Waals surface area contributed by atoms with E-state index in [2.05, 4.69) is 44.3 Å². The van der Waals surface area contributed by atoms with Gasteiger partial charge in [-0.25, -0.2) is 4.79 Å². The topological polar surface area (TPSA) is 47.6 Å². The summed E-state index contributed by atoms with van der Waals surface area (Å²) in [5, 5.41) is 3.00. The van der Waals surface area contributed by atoms with Gasteiger partial charge in [0.05, 0.1) is 12.7 Å². The van der Waals surface area contributed by atoms with Gasteiger partial charge in [0, 0.05) is 12.0 Å². The lowest BCUT2D eigenvalue weighted by atomic mass is 9.65. The van der Waals surface area contributed by atoms with Gasteiger partial charge in [-0.3, -0.25) is 0 Å². The molecule has 2 bridgehead atoms. The van der Waals surface area contributed by atoms with E-state index in [0.29, 0.717) is 29.4 Å². The molecule has 1 saturated carbocycles. The number of benzene rings is 1. The van der Waals surface area contributed by atoms with Gasteiger partial charge >= 0.3 is 6.09 Å². The first-order chi connectivity index (χ1) is 14.0. The summed E-state index contributed by atoms with van der Waals surface area (Å²) in [6.45, 7) is 7.82. The van der Waals surface area contributed by atoms with E-state index in [9.17, 15) is 4.79 Å². The minimum absolute atomic E-state index is 0.228. The van der Waals surface area contributed by atoms with Crippen LogP contribution in [0.15, 0.2) is 35.9 Å². The standard InChI is InChI=1S/C25H35NO3/c1-16-13-17(2)24-18(3)22(16)15-28-23(24)14-19-9-11-21(12-10-19)29-25(27)26-20-7-5-4-6-8-20/h9-13,16,18,20,22-24H,4-8,14-15H2,1-3H3,(H,26,27)/t16-,18-,22-,23-,24-/m1/s1. The molecule has 0 unspecified atom stereocenters. The van der Waals surface area contributed by atoms with Crippen molar-refractivity contribution in [1.82, 2.24) is 5.32 Å². The van der Waals surface area contributed by atoms with Crippen molar-refractivity contribution < 1.29 is 14.3 Å². The number of nitrogens with one attached hydrogen (secondary N) is 1. The molecule has 1 aromatic rings. The third-order valence-electron chi connectivity index (χ3n) is 7.37. The summed E-state index contributed by atoms with van der Waals surface area (Å²) in [6, 6.07) is 8.19. The molecule has 29 heavy (non-hydrogen) atoms. The second kappa shape index (κ2) is 8.91. The van der Waals surface area contributed by atoms with Crippen LogP contribution in [0.3, 0.4) is 0 Å². The number of hydrogen-bond donors (Lipinski definition) is 1. The smallest absolute Gasteiger partial charge is 0.410 e. The molecule has 1 heterocycles. The first-order valence-electron chi connectivity index (χ1n) is 11.4. The van der Waals surface area contributed by atoms with Crippen molar-refractivity contribution in [3.63, 3.8) is 0 Å². The molecule has 1 aromatic carbocycles. The Bertz CT molecular complexity index is 735. The number of ether oxygens (including phenoxy) is 2. The molecule has 1 N–H and O–H groups in total. The van der Waals surface area contributed by atoms with Gasteiger partial charge < -0.3 is 14.8 Å². The van der Waals surface area contributed by atoms with Crippen molar-refractivity contribution in [3.05, 3.63) is 41.5 Å². The average Bonchev–Trinajstić information content (AvgIpc) is 2.69. The zero-order valence-electron chi connectivity index (χ0n) is 18.0. The fourth-order valence-corrected chi connectivity index (χ4v) is 5.74. The van der Waals surface area contributed by atoms with Crippen molar-refractivity contribution >= 4 is 6.09 Å². The summed E-state index contributed by atoms with van der Waals surface area (Å²) in [5.74, 6) is 3.02. The van der Waals surface area contributed by atoms with Gasteiger partial charge in [0.1, 0.15) is 5.75 Å². The van der Waals surface area contributed by atoms with Gasteiger partial charge in [0.2, 0.25) is 0 Å². The third-order valence-corrected chi connectivity index (χ3v) is 7.37.